The molecule has 0 saturated heterocycles. The molecule has 1 aromatic heterocycles. The van der Waals surface area contributed by atoms with Crippen molar-refractivity contribution in [1.82, 2.24) is 18.4 Å². The van der Waals surface area contributed by atoms with E-state index in [0.29, 0.717) is 0 Å². The van der Waals surface area contributed by atoms with Crippen molar-refractivity contribution in [3.8, 4) is 0 Å². The summed E-state index contributed by atoms with van der Waals surface area (Å²) in [7, 11) is 0. The van der Waals surface area contributed by atoms with Crippen LogP contribution in [0.3, 0.4) is 0 Å². The molecular formula is C3F5IN4. The summed E-state index contributed by atoms with van der Waals surface area (Å²) in [5, 5.41) is 8.11. The molecule has 0 aromatic carbocycles. The van der Waals surface area contributed by atoms with E-state index in [0.717, 1.165) is 22.9 Å². The molecule has 1 heterocycles. The molecule has 0 unspecified atom stereocenters. The minimum Gasteiger partial charge on any atom is -0.187 e. The van der Waals surface area contributed by atoms with Crippen molar-refractivity contribution >= 4 is 22.9 Å². The third-order valence-corrected chi connectivity index (χ3v) is 1.72. The highest BCUT2D eigenvalue weighted by atomic mass is 127. The van der Waals surface area contributed by atoms with Gasteiger partial charge in [-0.1, -0.05) is 0 Å². The Morgan fingerprint density at radius 1 is 1.15 bits per heavy atom. The first-order chi connectivity index (χ1) is 5.77. The molecule has 0 spiro atoms. The Balaban J connectivity index is 3.15. The van der Waals surface area contributed by atoms with Crippen LogP contribution in [-0.2, 0) is 5.92 Å². The molecule has 1 aromatic rings. The molecule has 13 heavy (non-hydrogen) atoms. The van der Waals surface area contributed by atoms with Crippen molar-refractivity contribution < 1.29 is 22.0 Å². The number of hydrogen-bond acceptors (Lipinski definition) is 3. The lowest BCUT2D eigenvalue weighted by atomic mass is 10.3. The van der Waals surface area contributed by atoms with Crippen LogP contribution in [0, 0.1) is 0 Å². The van der Waals surface area contributed by atoms with Crippen molar-refractivity contribution in [3.63, 3.8) is 0 Å². The van der Waals surface area contributed by atoms with Crippen LogP contribution < -0.4 is 0 Å². The molecule has 10 heteroatoms. The summed E-state index contributed by atoms with van der Waals surface area (Å²) >= 11 is 1.12. The van der Waals surface area contributed by atoms with Gasteiger partial charge >= 0.3 is 12.1 Å². The second-order valence-corrected chi connectivity index (χ2v) is 2.85. The van der Waals surface area contributed by atoms with Crippen molar-refractivity contribution in [2.45, 2.75) is 12.1 Å². The van der Waals surface area contributed by atoms with Crippen LogP contribution in [0.5, 0.6) is 0 Å². The molecule has 1 rings (SSSR count). The molecule has 74 valence electrons. The molecule has 0 amide bonds. The van der Waals surface area contributed by atoms with Gasteiger partial charge in [-0.2, -0.15) is 24.8 Å². The zero-order chi connectivity index (χ0) is 10.3. The van der Waals surface area contributed by atoms with Gasteiger partial charge in [-0.3, -0.25) is 0 Å². The maximum absolute atomic E-state index is 12.5. The maximum atomic E-state index is 12.5. The van der Waals surface area contributed by atoms with Crippen LogP contribution in [0.4, 0.5) is 22.0 Å². The summed E-state index contributed by atoms with van der Waals surface area (Å²) in [5.74, 6) is -6.57. The van der Waals surface area contributed by atoms with E-state index in [1.807, 2.05) is 0 Å². The van der Waals surface area contributed by atoms with Gasteiger partial charge in [0.25, 0.3) is 0 Å². The van der Waals surface area contributed by atoms with Crippen LogP contribution in [0.2, 0.25) is 0 Å². The van der Waals surface area contributed by atoms with Gasteiger partial charge in [0.05, 0.1) is 22.9 Å². The largest absolute Gasteiger partial charge is 0.461 e. The number of halogens is 6. The number of hydrogen-bond donors (Lipinski definition) is 0. The van der Waals surface area contributed by atoms with E-state index in [1.165, 1.54) is 0 Å². The number of tetrazole rings is 1. The van der Waals surface area contributed by atoms with Crippen molar-refractivity contribution in [2.24, 2.45) is 0 Å². The first-order valence-electron chi connectivity index (χ1n) is 2.66. The summed E-state index contributed by atoms with van der Waals surface area (Å²) < 4.78 is 60.3. The zero-order valence-corrected chi connectivity index (χ0v) is 7.71. The molecule has 0 bridgehead atoms. The average Bonchev–Trinajstić information content (AvgIpc) is 2.32. The third-order valence-electron chi connectivity index (χ3n) is 1.07. The smallest absolute Gasteiger partial charge is 0.187 e. The Bertz CT molecular complexity index is 305. The van der Waals surface area contributed by atoms with Crippen LogP contribution >= 0.6 is 22.9 Å². The van der Waals surface area contributed by atoms with E-state index in [4.69, 9.17) is 0 Å². The van der Waals surface area contributed by atoms with Crippen LogP contribution in [0.25, 0.3) is 0 Å². The molecule has 0 radical (unpaired) electrons. The second-order valence-electron chi connectivity index (χ2n) is 1.93. The second kappa shape index (κ2) is 2.99. The summed E-state index contributed by atoms with van der Waals surface area (Å²) in [6, 6.07) is 0. The standard InChI is InChI=1S/C3F5IN4/c4-2(5,3(6,7)8)1-10-11-12-13(1)9. The molecule has 0 fully saturated rings. The van der Waals surface area contributed by atoms with Gasteiger partial charge in [0, 0.05) is 0 Å². The minimum absolute atomic E-state index is 0.241. The number of nitrogens with zero attached hydrogens (tertiary/aromatic N) is 4. The van der Waals surface area contributed by atoms with E-state index in [9.17, 15) is 22.0 Å². The highest BCUT2D eigenvalue weighted by molar-refractivity contribution is 14.1. The molecular weight excluding hydrogens is 314 g/mol. The Hall–Kier alpha value is -0.550. The van der Waals surface area contributed by atoms with Gasteiger partial charge in [0.2, 0.25) is 5.82 Å². The zero-order valence-electron chi connectivity index (χ0n) is 5.56. The number of rotatable bonds is 1. The number of alkyl halides is 5. The Labute approximate surface area is 81.6 Å². The lowest BCUT2D eigenvalue weighted by Crippen LogP contribution is -2.35. The highest BCUT2D eigenvalue weighted by Gasteiger charge is 2.62. The average molecular weight is 314 g/mol. The minimum atomic E-state index is -5.69. The fourth-order valence-corrected chi connectivity index (χ4v) is 0.968. The fraction of sp³-hybridized carbons (Fsp3) is 0.667. The van der Waals surface area contributed by atoms with Gasteiger partial charge in [0.1, 0.15) is 0 Å². The Morgan fingerprint density at radius 2 is 1.69 bits per heavy atom. The topological polar surface area (TPSA) is 43.6 Å². The first-order valence-corrected chi connectivity index (χ1v) is 3.63. The van der Waals surface area contributed by atoms with E-state index >= 15 is 0 Å². The molecule has 0 aliphatic carbocycles. The van der Waals surface area contributed by atoms with Crippen molar-refractivity contribution in [1.29, 1.82) is 0 Å². The summed E-state index contributed by atoms with van der Waals surface area (Å²) in [4.78, 5) is 0. The van der Waals surface area contributed by atoms with Crippen LogP contribution in [0.15, 0.2) is 0 Å². The van der Waals surface area contributed by atoms with E-state index in [-0.39, 0.29) is 2.90 Å². The Kier molecular flexibility index (Phi) is 2.42. The van der Waals surface area contributed by atoms with Gasteiger partial charge in [-0.25, -0.2) is 0 Å². The lowest BCUT2D eigenvalue weighted by Gasteiger charge is -2.16. The summed E-state index contributed by atoms with van der Waals surface area (Å²) in [6.45, 7) is 0. The predicted octanol–water partition coefficient (Wildman–Crippen LogP) is 1.53. The lowest BCUT2D eigenvalue weighted by molar-refractivity contribution is -0.292. The monoisotopic (exact) mass is 314 g/mol. The van der Waals surface area contributed by atoms with Gasteiger partial charge < -0.3 is 0 Å². The van der Waals surface area contributed by atoms with Gasteiger partial charge in [-0.05, 0) is 10.4 Å². The molecule has 0 atom stereocenters. The van der Waals surface area contributed by atoms with Gasteiger partial charge in [-0.15, -0.1) is 5.10 Å². The predicted molar refractivity (Wildman–Crippen MR) is 37.2 cm³/mol. The number of aromatic nitrogens is 4. The molecule has 0 saturated carbocycles. The molecule has 0 aliphatic rings. The van der Waals surface area contributed by atoms with Crippen LogP contribution in [-0.4, -0.2) is 24.6 Å². The van der Waals surface area contributed by atoms with Crippen molar-refractivity contribution in [3.05, 3.63) is 5.82 Å². The quantitative estimate of drug-likeness (QED) is 0.583. The molecule has 0 aliphatic heterocycles. The van der Waals surface area contributed by atoms with E-state index in [1.54, 1.807) is 0 Å². The molecule has 0 N–H and O–H groups in total. The van der Waals surface area contributed by atoms with Crippen LogP contribution in [0.1, 0.15) is 5.82 Å². The van der Waals surface area contributed by atoms with Gasteiger partial charge in [0.15, 0.2) is 0 Å². The highest BCUT2D eigenvalue weighted by Crippen LogP contribution is 2.42. The first kappa shape index (κ1) is 10.5. The third kappa shape index (κ3) is 1.71. The van der Waals surface area contributed by atoms with E-state index in [2.05, 4.69) is 15.5 Å². The summed E-state index contributed by atoms with van der Waals surface area (Å²) in [5.41, 5.74) is 0. The fourth-order valence-electron chi connectivity index (χ4n) is 0.482. The SMILES string of the molecule is FC(F)(F)C(F)(F)c1nnnn1I. The van der Waals surface area contributed by atoms with E-state index < -0.39 is 17.9 Å². The Morgan fingerprint density at radius 3 is 2.00 bits per heavy atom. The maximum Gasteiger partial charge on any atom is 0.461 e. The van der Waals surface area contributed by atoms with Crippen molar-refractivity contribution in [2.75, 3.05) is 0 Å². The molecule has 4 nitrogen and oxygen atoms in total. The normalized spacial score (nSPS) is 13.4. The summed E-state index contributed by atoms with van der Waals surface area (Å²) in [6.07, 6.45) is -5.69.